The van der Waals surface area contributed by atoms with Crippen LogP contribution in [0.4, 0.5) is 0 Å². The van der Waals surface area contributed by atoms with Crippen LogP contribution in [0, 0.1) is 6.92 Å². The van der Waals surface area contributed by atoms with Gasteiger partial charge in [-0.1, -0.05) is 42.0 Å². The van der Waals surface area contributed by atoms with Gasteiger partial charge < -0.3 is 14.8 Å². The highest BCUT2D eigenvalue weighted by Gasteiger charge is 2.34. The van der Waals surface area contributed by atoms with Crippen molar-refractivity contribution in [2.75, 3.05) is 26.9 Å². The first-order valence-electron chi connectivity index (χ1n) is 9.36. The molecule has 0 spiro atoms. The van der Waals surface area contributed by atoms with E-state index in [0.717, 1.165) is 24.2 Å². The summed E-state index contributed by atoms with van der Waals surface area (Å²) < 4.78 is 10.8. The number of carbonyl (C=O) groups is 1. The molecule has 27 heavy (non-hydrogen) atoms. The Kier molecular flexibility index (Phi) is 6.30. The number of hydrogen-bond acceptors (Lipinski definition) is 3. The molecule has 1 saturated heterocycles. The maximum Gasteiger partial charge on any atom is 0.244 e. The van der Waals surface area contributed by atoms with Gasteiger partial charge in [0, 0.05) is 31.2 Å². The maximum absolute atomic E-state index is 12.4. The predicted octanol–water partition coefficient (Wildman–Crippen LogP) is 3.88. The molecule has 1 amide bonds. The van der Waals surface area contributed by atoms with E-state index < -0.39 is 0 Å². The van der Waals surface area contributed by atoms with Crippen LogP contribution < -0.4 is 10.1 Å². The van der Waals surface area contributed by atoms with Gasteiger partial charge in [-0.3, -0.25) is 4.79 Å². The minimum absolute atomic E-state index is 0.0733. The third kappa shape index (κ3) is 4.98. The second-order valence-electron chi connectivity index (χ2n) is 7.09. The molecule has 0 aliphatic carbocycles. The highest BCUT2D eigenvalue weighted by molar-refractivity contribution is 5.91. The first-order valence-corrected chi connectivity index (χ1v) is 9.36. The molecule has 0 bridgehead atoms. The van der Waals surface area contributed by atoms with Crippen molar-refractivity contribution in [1.29, 1.82) is 0 Å². The molecule has 0 atom stereocenters. The molecule has 1 fully saturated rings. The van der Waals surface area contributed by atoms with Gasteiger partial charge in [-0.2, -0.15) is 0 Å². The first-order chi connectivity index (χ1) is 13.1. The number of carbonyl (C=O) groups excluding carboxylic acids is 1. The van der Waals surface area contributed by atoms with Crippen molar-refractivity contribution < 1.29 is 14.3 Å². The Bertz CT molecular complexity index is 790. The number of methoxy groups -OCH3 is 1. The first kappa shape index (κ1) is 19.2. The monoisotopic (exact) mass is 365 g/mol. The summed E-state index contributed by atoms with van der Waals surface area (Å²) in [5.41, 5.74) is 3.33. The summed E-state index contributed by atoms with van der Waals surface area (Å²) in [5.74, 6) is 0.766. The fraction of sp³-hybridized carbons (Fsp3) is 0.348. The molecule has 1 aliphatic rings. The zero-order valence-electron chi connectivity index (χ0n) is 16.0. The quantitative estimate of drug-likeness (QED) is 0.790. The summed E-state index contributed by atoms with van der Waals surface area (Å²) in [7, 11) is 1.67. The molecule has 0 unspecified atom stereocenters. The molecule has 0 aromatic heterocycles. The Labute approximate surface area is 161 Å². The van der Waals surface area contributed by atoms with Crippen molar-refractivity contribution in [1.82, 2.24) is 5.32 Å². The highest BCUT2D eigenvalue weighted by atomic mass is 16.5. The molecule has 0 saturated carbocycles. The van der Waals surface area contributed by atoms with E-state index in [1.165, 1.54) is 11.1 Å². The Balaban J connectivity index is 1.68. The molecular formula is C23H27NO3. The molecule has 142 valence electrons. The lowest BCUT2D eigenvalue weighted by molar-refractivity contribution is -0.116. The minimum atomic E-state index is -0.0998. The second-order valence-corrected chi connectivity index (χ2v) is 7.09. The summed E-state index contributed by atoms with van der Waals surface area (Å²) >= 11 is 0. The van der Waals surface area contributed by atoms with Crippen LogP contribution in [-0.2, 0) is 14.9 Å². The van der Waals surface area contributed by atoms with Crippen molar-refractivity contribution in [2.45, 2.75) is 25.2 Å². The van der Waals surface area contributed by atoms with Gasteiger partial charge in [-0.05, 0) is 49.1 Å². The van der Waals surface area contributed by atoms with Gasteiger partial charge in [0.2, 0.25) is 5.91 Å². The van der Waals surface area contributed by atoms with Crippen molar-refractivity contribution in [3.05, 3.63) is 71.3 Å². The molecule has 0 radical (unpaired) electrons. The largest absolute Gasteiger partial charge is 0.497 e. The lowest BCUT2D eigenvalue weighted by atomic mass is 9.74. The van der Waals surface area contributed by atoms with Crippen LogP contribution >= 0.6 is 0 Å². The third-order valence-corrected chi connectivity index (χ3v) is 5.22. The number of nitrogens with one attached hydrogen (secondary N) is 1. The van der Waals surface area contributed by atoms with Crippen molar-refractivity contribution in [3.63, 3.8) is 0 Å². The summed E-state index contributed by atoms with van der Waals surface area (Å²) in [6.07, 6.45) is 5.24. The minimum Gasteiger partial charge on any atom is -0.497 e. The van der Waals surface area contributed by atoms with Gasteiger partial charge in [0.15, 0.2) is 0 Å². The Morgan fingerprint density at radius 2 is 1.93 bits per heavy atom. The summed E-state index contributed by atoms with van der Waals surface area (Å²) in [4.78, 5) is 12.4. The molecule has 4 nitrogen and oxygen atoms in total. The lowest BCUT2D eigenvalue weighted by Gasteiger charge is -2.38. The predicted molar refractivity (Wildman–Crippen MR) is 108 cm³/mol. The average molecular weight is 365 g/mol. The number of rotatable bonds is 6. The van der Waals surface area contributed by atoms with Gasteiger partial charge in [0.1, 0.15) is 5.75 Å². The molecular weight excluding hydrogens is 338 g/mol. The Hall–Kier alpha value is -2.59. The molecule has 2 aromatic rings. The van der Waals surface area contributed by atoms with Crippen molar-refractivity contribution in [2.24, 2.45) is 0 Å². The average Bonchev–Trinajstić information content (AvgIpc) is 2.71. The normalized spacial score (nSPS) is 16.2. The maximum atomic E-state index is 12.4. The van der Waals surface area contributed by atoms with Crippen LogP contribution in [-0.4, -0.2) is 32.8 Å². The number of aryl methyl sites for hydroxylation is 1. The zero-order chi connectivity index (χ0) is 19.1. The van der Waals surface area contributed by atoms with Crippen molar-refractivity contribution >= 4 is 12.0 Å². The number of hydrogen-bond donors (Lipinski definition) is 1. The summed E-state index contributed by atoms with van der Waals surface area (Å²) in [6.45, 7) is 4.06. The number of amides is 1. The van der Waals surface area contributed by atoms with E-state index in [1.807, 2.05) is 43.3 Å². The van der Waals surface area contributed by atoms with Gasteiger partial charge in [-0.15, -0.1) is 0 Å². The van der Waals surface area contributed by atoms with E-state index in [-0.39, 0.29) is 11.3 Å². The van der Waals surface area contributed by atoms with Gasteiger partial charge >= 0.3 is 0 Å². The van der Waals surface area contributed by atoms with Crippen LogP contribution in [0.1, 0.15) is 29.5 Å². The van der Waals surface area contributed by atoms with E-state index in [0.29, 0.717) is 19.8 Å². The van der Waals surface area contributed by atoms with E-state index >= 15 is 0 Å². The standard InChI is InChI=1S/C23H27NO3/c1-18-4-3-5-19(16-18)6-11-22(25)24-17-23(12-14-27-15-13-23)20-7-9-21(26-2)10-8-20/h3-11,16H,12-15,17H2,1-2H3,(H,24,25)/b11-6+. The summed E-state index contributed by atoms with van der Waals surface area (Å²) in [5, 5.41) is 3.09. The molecule has 3 rings (SSSR count). The van der Waals surface area contributed by atoms with Gasteiger partial charge in [-0.25, -0.2) is 0 Å². The molecule has 4 heteroatoms. The van der Waals surface area contributed by atoms with E-state index in [1.54, 1.807) is 13.2 Å². The number of benzene rings is 2. The van der Waals surface area contributed by atoms with Crippen molar-refractivity contribution in [3.8, 4) is 5.75 Å². The fourth-order valence-electron chi connectivity index (χ4n) is 3.54. The highest BCUT2D eigenvalue weighted by Crippen LogP contribution is 2.35. The Morgan fingerprint density at radius 3 is 2.59 bits per heavy atom. The van der Waals surface area contributed by atoms with E-state index in [9.17, 15) is 4.79 Å². The topological polar surface area (TPSA) is 47.6 Å². The van der Waals surface area contributed by atoms with E-state index in [2.05, 4.69) is 23.5 Å². The molecule has 1 N–H and O–H groups in total. The van der Waals surface area contributed by atoms with Crippen LogP contribution in [0.15, 0.2) is 54.6 Å². The lowest BCUT2D eigenvalue weighted by Crippen LogP contribution is -2.44. The van der Waals surface area contributed by atoms with E-state index in [4.69, 9.17) is 9.47 Å². The van der Waals surface area contributed by atoms with Crippen LogP contribution in [0.5, 0.6) is 5.75 Å². The Morgan fingerprint density at radius 1 is 1.19 bits per heavy atom. The zero-order valence-corrected chi connectivity index (χ0v) is 16.0. The smallest absolute Gasteiger partial charge is 0.244 e. The SMILES string of the molecule is COc1ccc(C2(CNC(=O)/C=C/c3cccc(C)c3)CCOCC2)cc1. The van der Waals surface area contributed by atoms with Crippen LogP contribution in [0.2, 0.25) is 0 Å². The third-order valence-electron chi connectivity index (χ3n) is 5.22. The molecule has 1 aliphatic heterocycles. The van der Waals surface area contributed by atoms with Gasteiger partial charge in [0.05, 0.1) is 7.11 Å². The molecule has 1 heterocycles. The number of ether oxygens (including phenoxy) is 2. The van der Waals surface area contributed by atoms with Gasteiger partial charge in [0.25, 0.3) is 0 Å². The fourth-order valence-corrected chi connectivity index (χ4v) is 3.54. The van der Waals surface area contributed by atoms with Crippen LogP contribution in [0.25, 0.3) is 6.08 Å². The molecule has 2 aromatic carbocycles. The summed E-state index contributed by atoms with van der Waals surface area (Å²) in [6, 6.07) is 16.2. The second kappa shape index (κ2) is 8.87. The van der Waals surface area contributed by atoms with Crippen LogP contribution in [0.3, 0.4) is 0 Å².